The van der Waals surface area contributed by atoms with Crippen molar-refractivity contribution in [1.82, 2.24) is 10.6 Å². The van der Waals surface area contributed by atoms with E-state index in [0.29, 0.717) is 22.9 Å². The number of ether oxygens (including phenoxy) is 1. The fourth-order valence-electron chi connectivity index (χ4n) is 3.00. The summed E-state index contributed by atoms with van der Waals surface area (Å²) in [6.45, 7) is 2.21. The molecule has 1 aromatic carbocycles. The number of anilines is 1. The molecule has 1 saturated carbocycles. The lowest BCUT2D eigenvalue weighted by Gasteiger charge is -2.27. The lowest BCUT2D eigenvalue weighted by Crippen LogP contribution is -2.40. The summed E-state index contributed by atoms with van der Waals surface area (Å²) in [6, 6.07) is 4.87. The quantitative estimate of drug-likeness (QED) is 0.798. The summed E-state index contributed by atoms with van der Waals surface area (Å²) in [5.74, 6) is 0.946. The van der Waals surface area contributed by atoms with Crippen LogP contribution < -0.4 is 20.7 Å². The van der Waals surface area contributed by atoms with Crippen molar-refractivity contribution in [3.05, 3.63) is 23.8 Å². The molecule has 6 heteroatoms. The number of benzene rings is 1. The first kappa shape index (κ1) is 17.1. The monoisotopic (exact) mass is 319 g/mol. The Morgan fingerprint density at radius 2 is 2.04 bits per heavy atom. The Kier molecular flexibility index (Phi) is 5.84. The molecule has 1 fully saturated rings. The minimum absolute atomic E-state index is 0.201. The summed E-state index contributed by atoms with van der Waals surface area (Å²) in [5.41, 5.74) is 0.949. The van der Waals surface area contributed by atoms with Gasteiger partial charge in [-0.25, -0.2) is 4.79 Å². The van der Waals surface area contributed by atoms with E-state index in [1.165, 1.54) is 13.5 Å². The SMILES string of the molecule is CNC(=O)c1ccc(OC)c(NC(=O)NC2CCCC(C)C2)c1. The van der Waals surface area contributed by atoms with Crippen LogP contribution in [-0.2, 0) is 0 Å². The Bertz CT molecular complexity index is 574. The molecule has 6 nitrogen and oxygen atoms in total. The molecule has 0 aliphatic heterocycles. The summed E-state index contributed by atoms with van der Waals surface area (Å²) in [4.78, 5) is 24.0. The number of carbonyl (C=O) groups excluding carboxylic acids is 2. The molecule has 2 atom stereocenters. The van der Waals surface area contributed by atoms with Gasteiger partial charge in [0.05, 0.1) is 12.8 Å². The minimum Gasteiger partial charge on any atom is -0.495 e. The highest BCUT2D eigenvalue weighted by molar-refractivity contribution is 5.97. The third-order valence-electron chi connectivity index (χ3n) is 4.21. The van der Waals surface area contributed by atoms with Crippen molar-refractivity contribution >= 4 is 17.6 Å². The van der Waals surface area contributed by atoms with Crippen LogP contribution in [0.2, 0.25) is 0 Å². The lowest BCUT2D eigenvalue weighted by molar-refractivity contribution is 0.0963. The predicted molar refractivity (Wildman–Crippen MR) is 90.0 cm³/mol. The number of methoxy groups -OCH3 is 1. The summed E-state index contributed by atoms with van der Waals surface area (Å²) < 4.78 is 5.25. The van der Waals surface area contributed by atoms with Crippen molar-refractivity contribution in [2.75, 3.05) is 19.5 Å². The van der Waals surface area contributed by atoms with Gasteiger partial charge in [0.15, 0.2) is 0 Å². The van der Waals surface area contributed by atoms with E-state index in [2.05, 4.69) is 22.9 Å². The molecule has 23 heavy (non-hydrogen) atoms. The summed E-state index contributed by atoms with van der Waals surface area (Å²) in [6.07, 6.45) is 4.37. The van der Waals surface area contributed by atoms with Crippen molar-refractivity contribution in [3.63, 3.8) is 0 Å². The molecule has 0 bridgehead atoms. The molecule has 1 aromatic rings. The number of rotatable bonds is 4. The van der Waals surface area contributed by atoms with E-state index in [1.807, 2.05) is 0 Å². The van der Waals surface area contributed by atoms with Crippen LogP contribution in [0.5, 0.6) is 5.75 Å². The van der Waals surface area contributed by atoms with Crippen molar-refractivity contribution in [2.45, 2.75) is 38.6 Å². The molecule has 1 aliphatic rings. The highest BCUT2D eigenvalue weighted by atomic mass is 16.5. The molecular weight excluding hydrogens is 294 g/mol. The standard InChI is InChI=1S/C17H25N3O3/c1-11-5-4-6-13(9-11)19-17(22)20-14-10-12(16(21)18-2)7-8-15(14)23-3/h7-8,10-11,13H,4-6,9H2,1-3H3,(H,18,21)(H2,19,20,22). The normalized spacial score (nSPS) is 20.5. The second-order valence-electron chi connectivity index (χ2n) is 6.06. The Balaban J connectivity index is 2.05. The molecule has 3 N–H and O–H groups in total. The number of amides is 3. The molecule has 0 saturated heterocycles. The van der Waals surface area contributed by atoms with Crippen LogP contribution in [-0.4, -0.2) is 32.1 Å². The maximum Gasteiger partial charge on any atom is 0.319 e. The molecule has 2 rings (SSSR count). The van der Waals surface area contributed by atoms with Crippen molar-refractivity contribution in [1.29, 1.82) is 0 Å². The van der Waals surface area contributed by atoms with Crippen molar-refractivity contribution in [2.24, 2.45) is 5.92 Å². The van der Waals surface area contributed by atoms with E-state index in [-0.39, 0.29) is 18.0 Å². The van der Waals surface area contributed by atoms with Gasteiger partial charge in [-0.05, 0) is 37.0 Å². The van der Waals surface area contributed by atoms with Crippen LogP contribution in [0.3, 0.4) is 0 Å². The first-order valence-electron chi connectivity index (χ1n) is 8.01. The Morgan fingerprint density at radius 1 is 1.26 bits per heavy atom. The molecule has 0 aromatic heterocycles. The van der Waals surface area contributed by atoms with E-state index < -0.39 is 0 Å². The first-order valence-corrected chi connectivity index (χ1v) is 8.01. The Hall–Kier alpha value is -2.24. The van der Waals surface area contributed by atoms with Gasteiger partial charge < -0.3 is 20.7 Å². The summed E-state index contributed by atoms with van der Waals surface area (Å²) in [7, 11) is 3.09. The Labute approximate surface area is 137 Å². The number of hydrogen-bond acceptors (Lipinski definition) is 3. The highest BCUT2D eigenvalue weighted by Gasteiger charge is 2.21. The average Bonchev–Trinajstić information content (AvgIpc) is 2.54. The second-order valence-corrected chi connectivity index (χ2v) is 6.06. The van der Waals surface area contributed by atoms with Gasteiger partial charge in [0, 0.05) is 18.7 Å². The highest BCUT2D eigenvalue weighted by Crippen LogP contribution is 2.26. The Morgan fingerprint density at radius 3 is 2.70 bits per heavy atom. The molecule has 0 radical (unpaired) electrons. The summed E-state index contributed by atoms with van der Waals surface area (Å²) >= 11 is 0. The fourth-order valence-corrected chi connectivity index (χ4v) is 3.00. The molecule has 2 unspecified atom stereocenters. The van der Waals surface area contributed by atoms with Gasteiger partial charge in [-0.2, -0.15) is 0 Å². The zero-order valence-electron chi connectivity index (χ0n) is 13.9. The molecule has 0 spiro atoms. The van der Waals surface area contributed by atoms with Gasteiger partial charge in [-0.3, -0.25) is 4.79 Å². The maximum absolute atomic E-state index is 12.2. The van der Waals surface area contributed by atoms with E-state index in [0.717, 1.165) is 19.3 Å². The molecule has 3 amide bonds. The van der Waals surface area contributed by atoms with E-state index in [9.17, 15) is 9.59 Å². The molecule has 126 valence electrons. The predicted octanol–water partition coefficient (Wildman–Crippen LogP) is 2.76. The van der Waals surface area contributed by atoms with Gasteiger partial charge >= 0.3 is 6.03 Å². The van der Waals surface area contributed by atoms with Crippen molar-refractivity contribution in [3.8, 4) is 5.75 Å². The second kappa shape index (κ2) is 7.85. The van der Waals surface area contributed by atoms with Crippen LogP contribution >= 0.6 is 0 Å². The van der Waals surface area contributed by atoms with Gasteiger partial charge in [0.25, 0.3) is 5.91 Å². The zero-order chi connectivity index (χ0) is 16.8. The van der Waals surface area contributed by atoms with Crippen LogP contribution in [0.25, 0.3) is 0 Å². The largest absolute Gasteiger partial charge is 0.495 e. The number of hydrogen-bond donors (Lipinski definition) is 3. The van der Waals surface area contributed by atoms with E-state index in [4.69, 9.17) is 4.74 Å². The third-order valence-corrected chi connectivity index (χ3v) is 4.21. The summed E-state index contributed by atoms with van der Waals surface area (Å²) in [5, 5.41) is 8.36. The van der Waals surface area contributed by atoms with Crippen LogP contribution in [0.4, 0.5) is 10.5 Å². The minimum atomic E-state index is -0.267. The maximum atomic E-state index is 12.2. The third kappa shape index (κ3) is 4.61. The van der Waals surface area contributed by atoms with Crippen molar-refractivity contribution < 1.29 is 14.3 Å². The number of carbonyl (C=O) groups is 2. The molecule has 0 heterocycles. The van der Waals surface area contributed by atoms with Gasteiger partial charge in [0.2, 0.25) is 0 Å². The smallest absolute Gasteiger partial charge is 0.319 e. The first-order chi connectivity index (χ1) is 11.0. The van der Waals surface area contributed by atoms with E-state index in [1.54, 1.807) is 25.2 Å². The number of nitrogens with one attached hydrogen (secondary N) is 3. The fraction of sp³-hybridized carbons (Fsp3) is 0.529. The molecular formula is C17H25N3O3. The van der Waals surface area contributed by atoms with E-state index >= 15 is 0 Å². The topological polar surface area (TPSA) is 79.5 Å². The average molecular weight is 319 g/mol. The molecule has 1 aliphatic carbocycles. The van der Waals surface area contributed by atoms with Gasteiger partial charge in [-0.15, -0.1) is 0 Å². The zero-order valence-corrected chi connectivity index (χ0v) is 13.9. The van der Waals surface area contributed by atoms with Gasteiger partial charge in [0.1, 0.15) is 5.75 Å². The van der Waals surface area contributed by atoms with Crippen LogP contribution in [0, 0.1) is 5.92 Å². The van der Waals surface area contributed by atoms with Gasteiger partial charge in [-0.1, -0.05) is 19.8 Å². The lowest BCUT2D eigenvalue weighted by atomic mass is 9.87. The van der Waals surface area contributed by atoms with Crippen LogP contribution in [0.1, 0.15) is 43.0 Å². The number of urea groups is 1. The van der Waals surface area contributed by atoms with Crippen LogP contribution in [0.15, 0.2) is 18.2 Å².